The third kappa shape index (κ3) is 4.74. The van der Waals surface area contributed by atoms with Gasteiger partial charge in [-0.3, -0.25) is 9.36 Å². The van der Waals surface area contributed by atoms with Crippen LogP contribution in [0.5, 0.6) is 17.2 Å². The topological polar surface area (TPSA) is 93.6 Å². The summed E-state index contributed by atoms with van der Waals surface area (Å²) in [4.78, 5) is 28.2. The summed E-state index contributed by atoms with van der Waals surface area (Å²) in [7, 11) is 2.86. The molecule has 1 aromatic heterocycles. The molecule has 0 saturated carbocycles. The van der Waals surface area contributed by atoms with Crippen LogP contribution in [0, 0.1) is 0 Å². The van der Waals surface area contributed by atoms with E-state index in [2.05, 4.69) is 4.98 Å². The number of ether oxygens (including phenoxy) is 2. The minimum atomic E-state index is -0.326. The van der Waals surface area contributed by atoms with Crippen LogP contribution in [0.15, 0.2) is 77.7 Å². The van der Waals surface area contributed by atoms with E-state index in [1.807, 2.05) is 12.1 Å². The number of phenols is 1. The number of ketones is 1. The van der Waals surface area contributed by atoms with Crippen molar-refractivity contribution >= 4 is 23.5 Å². The Balaban J connectivity index is 1.60. The largest absolute Gasteiger partial charge is 0.502 e. The molecule has 4 rings (SSSR count). The Bertz CT molecular complexity index is 1410. The number of aromatic amines is 1. The number of aromatic nitrogens is 2. The first-order valence-electron chi connectivity index (χ1n) is 10.2. The predicted molar refractivity (Wildman–Crippen MR) is 131 cm³/mol. The molecular weight excluding hydrogens is 456 g/mol. The first-order valence-corrected chi connectivity index (χ1v) is 10.6. The van der Waals surface area contributed by atoms with E-state index in [1.54, 1.807) is 60.8 Å². The molecule has 0 spiro atoms. The van der Waals surface area contributed by atoms with Gasteiger partial charge in [0.15, 0.2) is 17.3 Å². The normalized spacial score (nSPS) is 11.0. The molecule has 1 heterocycles. The minimum Gasteiger partial charge on any atom is -0.502 e. The zero-order valence-electron chi connectivity index (χ0n) is 18.4. The average Bonchev–Trinajstić information content (AvgIpc) is 3.25. The third-order valence-electron chi connectivity index (χ3n) is 5.21. The number of hydrogen-bond acceptors (Lipinski definition) is 5. The van der Waals surface area contributed by atoms with Gasteiger partial charge in [-0.1, -0.05) is 41.9 Å². The lowest BCUT2D eigenvalue weighted by atomic mass is 10.1. The SMILES string of the molecule is COc1cc(/C=C/C(=O)c2cccc(-n3cc(-c4ccc(Cl)cc4)[nH]c3=O)c2)cc(OC)c1O. The summed E-state index contributed by atoms with van der Waals surface area (Å²) in [5.74, 6) is 0.0963. The first-order chi connectivity index (χ1) is 16.4. The summed E-state index contributed by atoms with van der Waals surface area (Å²) in [5.41, 5.74) is 2.70. The Morgan fingerprint density at radius 1 is 1.03 bits per heavy atom. The van der Waals surface area contributed by atoms with Gasteiger partial charge in [-0.2, -0.15) is 0 Å². The Morgan fingerprint density at radius 3 is 2.35 bits per heavy atom. The molecule has 0 unspecified atom stereocenters. The van der Waals surface area contributed by atoms with E-state index in [9.17, 15) is 14.7 Å². The number of carbonyl (C=O) groups is 1. The van der Waals surface area contributed by atoms with Crippen LogP contribution >= 0.6 is 11.6 Å². The van der Waals surface area contributed by atoms with E-state index in [0.29, 0.717) is 27.5 Å². The van der Waals surface area contributed by atoms with Crippen LogP contribution in [-0.4, -0.2) is 34.7 Å². The molecule has 0 saturated heterocycles. The fourth-order valence-electron chi connectivity index (χ4n) is 3.45. The summed E-state index contributed by atoms with van der Waals surface area (Å²) in [6, 6.07) is 17.1. The zero-order chi connectivity index (χ0) is 24.2. The minimum absolute atomic E-state index is 0.115. The number of benzene rings is 3. The lowest BCUT2D eigenvalue weighted by Gasteiger charge is -2.09. The van der Waals surface area contributed by atoms with Gasteiger partial charge in [0, 0.05) is 16.8 Å². The number of aromatic hydroxyl groups is 1. The maximum atomic E-state index is 12.8. The van der Waals surface area contributed by atoms with E-state index in [0.717, 1.165) is 5.56 Å². The predicted octanol–water partition coefficient (Wildman–Crippen LogP) is 5.10. The van der Waals surface area contributed by atoms with Gasteiger partial charge in [-0.25, -0.2) is 4.79 Å². The van der Waals surface area contributed by atoms with E-state index < -0.39 is 0 Å². The van der Waals surface area contributed by atoms with Gasteiger partial charge in [0.05, 0.1) is 25.6 Å². The molecule has 0 fully saturated rings. The number of nitrogens with zero attached hydrogens (tertiary/aromatic N) is 1. The van der Waals surface area contributed by atoms with Crippen LogP contribution in [0.2, 0.25) is 5.02 Å². The van der Waals surface area contributed by atoms with Gasteiger partial charge in [0.1, 0.15) is 0 Å². The number of allylic oxidation sites excluding steroid dienone is 1. The fourth-order valence-corrected chi connectivity index (χ4v) is 3.58. The van der Waals surface area contributed by atoms with Crippen molar-refractivity contribution in [1.29, 1.82) is 0 Å². The lowest BCUT2D eigenvalue weighted by Crippen LogP contribution is -2.14. The number of nitrogens with one attached hydrogen (secondary N) is 1. The van der Waals surface area contributed by atoms with Crippen molar-refractivity contribution in [1.82, 2.24) is 9.55 Å². The highest BCUT2D eigenvalue weighted by Crippen LogP contribution is 2.37. The molecule has 0 amide bonds. The van der Waals surface area contributed by atoms with Crippen molar-refractivity contribution in [3.05, 3.63) is 99.6 Å². The maximum absolute atomic E-state index is 12.8. The summed E-state index contributed by atoms with van der Waals surface area (Å²) in [5, 5.41) is 10.6. The van der Waals surface area contributed by atoms with Crippen molar-refractivity contribution < 1.29 is 19.4 Å². The molecule has 0 aliphatic carbocycles. The van der Waals surface area contributed by atoms with Gasteiger partial charge in [-0.15, -0.1) is 0 Å². The second-order valence-corrected chi connectivity index (χ2v) is 7.81. The van der Waals surface area contributed by atoms with Gasteiger partial charge in [-0.05, 0) is 53.6 Å². The summed E-state index contributed by atoms with van der Waals surface area (Å²) < 4.78 is 11.7. The molecule has 3 aromatic carbocycles. The fraction of sp³-hybridized carbons (Fsp3) is 0.0769. The zero-order valence-corrected chi connectivity index (χ0v) is 19.2. The number of imidazole rings is 1. The van der Waals surface area contributed by atoms with Crippen LogP contribution in [0.25, 0.3) is 23.0 Å². The highest BCUT2D eigenvalue weighted by Gasteiger charge is 2.12. The molecule has 7 nitrogen and oxygen atoms in total. The molecule has 8 heteroatoms. The number of phenolic OH excluding ortho intramolecular Hbond substituents is 1. The summed E-state index contributed by atoms with van der Waals surface area (Å²) in [6.45, 7) is 0. The number of H-pyrrole nitrogens is 1. The van der Waals surface area contributed by atoms with Gasteiger partial charge in [0.25, 0.3) is 0 Å². The van der Waals surface area contributed by atoms with Crippen molar-refractivity contribution in [2.45, 2.75) is 0 Å². The molecule has 2 N–H and O–H groups in total. The molecule has 0 aliphatic rings. The van der Waals surface area contributed by atoms with Crippen LogP contribution in [-0.2, 0) is 0 Å². The van der Waals surface area contributed by atoms with Gasteiger partial charge >= 0.3 is 5.69 Å². The van der Waals surface area contributed by atoms with Crippen LogP contribution in [0.1, 0.15) is 15.9 Å². The molecule has 0 aliphatic heterocycles. The van der Waals surface area contributed by atoms with Crippen LogP contribution < -0.4 is 15.2 Å². The maximum Gasteiger partial charge on any atom is 0.330 e. The van der Waals surface area contributed by atoms with E-state index in [4.69, 9.17) is 21.1 Å². The molecule has 172 valence electrons. The van der Waals surface area contributed by atoms with Gasteiger partial charge in [0.2, 0.25) is 5.75 Å². The van der Waals surface area contributed by atoms with Crippen LogP contribution in [0.4, 0.5) is 0 Å². The smallest absolute Gasteiger partial charge is 0.330 e. The number of halogens is 1. The second kappa shape index (κ2) is 9.72. The highest BCUT2D eigenvalue weighted by atomic mass is 35.5. The number of hydrogen-bond donors (Lipinski definition) is 2. The Morgan fingerprint density at radius 2 is 1.71 bits per heavy atom. The van der Waals surface area contributed by atoms with Crippen molar-refractivity contribution in [3.8, 4) is 34.2 Å². The number of rotatable bonds is 7. The monoisotopic (exact) mass is 476 g/mol. The molecular formula is C26H21ClN2O5. The molecule has 34 heavy (non-hydrogen) atoms. The lowest BCUT2D eigenvalue weighted by molar-refractivity contribution is 0.104. The first kappa shape index (κ1) is 22.9. The van der Waals surface area contributed by atoms with Crippen molar-refractivity contribution in [2.24, 2.45) is 0 Å². The summed E-state index contributed by atoms with van der Waals surface area (Å²) in [6.07, 6.45) is 4.68. The highest BCUT2D eigenvalue weighted by molar-refractivity contribution is 6.30. The Labute approximate surface area is 200 Å². The average molecular weight is 477 g/mol. The molecule has 0 atom stereocenters. The molecule has 0 radical (unpaired) electrons. The van der Waals surface area contributed by atoms with Crippen molar-refractivity contribution in [3.63, 3.8) is 0 Å². The van der Waals surface area contributed by atoms with E-state index in [1.165, 1.54) is 24.9 Å². The standard InChI is InChI=1S/C26H21ClN2O5/c1-33-23-12-16(13-24(34-2)25(23)31)6-11-22(30)18-4-3-5-20(14-18)29-15-21(28-26(29)32)17-7-9-19(27)10-8-17/h3-15,31H,1-2H3,(H,28,32)/b11-6+. The van der Waals surface area contributed by atoms with Gasteiger partial charge < -0.3 is 19.6 Å². The summed E-state index contributed by atoms with van der Waals surface area (Å²) >= 11 is 5.94. The quantitative estimate of drug-likeness (QED) is 0.286. The van der Waals surface area contributed by atoms with Crippen LogP contribution in [0.3, 0.4) is 0 Å². The second-order valence-electron chi connectivity index (χ2n) is 7.37. The van der Waals surface area contributed by atoms with E-state index >= 15 is 0 Å². The number of carbonyl (C=O) groups excluding carboxylic acids is 1. The Kier molecular flexibility index (Phi) is 6.56. The van der Waals surface area contributed by atoms with E-state index in [-0.39, 0.29) is 28.7 Å². The Hall–Kier alpha value is -4.23. The number of methoxy groups -OCH3 is 2. The van der Waals surface area contributed by atoms with Crippen molar-refractivity contribution in [2.75, 3.05) is 14.2 Å². The molecule has 0 bridgehead atoms. The third-order valence-corrected chi connectivity index (χ3v) is 5.46. The molecule has 4 aromatic rings.